The maximum Gasteiger partial charge on any atom is 0.274 e. The first kappa shape index (κ1) is 20.1. The molecule has 0 spiro atoms. The van der Waals surface area contributed by atoms with Gasteiger partial charge in [-0.25, -0.2) is 9.67 Å². The van der Waals surface area contributed by atoms with E-state index in [1.807, 2.05) is 6.07 Å². The summed E-state index contributed by atoms with van der Waals surface area (Å²) in [6.07, 6.45) is 4.55. The van der Waals surface area contributed by atoms with Gasteiger partial charge in [-0.3, -0.25) is 10.2 Å². The number of aromatic nitrogens is 3. The van der Waals surface area contributed by atoms with Crippen LogP contribution in [0.1, 0.15) is 30.0 Å². The predicted molar refractivity (Wildman–Crippen MR) is 117 cm³/mol. The van der Waals surface area contributed by atoms with Crippen molar-refractivity contribution in [3.8, 4) is 6.07 Å². The molecule has 0 aliphatic rings. The summed E-state index contributed by atoms with van der Waals surface area (Å²) in [5, 5.41) is 23.8. The molecule has 0 saturated carbocycles. The van der Waals surface area contributed by atoms with Crippen molar-refractivity contribution in [2.24, 2.45) is 0 Å². The van der Waals surface area contributed by atoms with Crippen LogP contribution in [-0.2, 0) is 0 Å². The molecule has 3 aromatic rings. The first-order valence-electron chi connectivity index (χ1n) is 7.66. The molecule has 2 aromatic heterocycles. The van der Waals surface area contributed by atoms with Crippen LogP contribution in [0.5, 0.6) is 0 Å². The Balaban J connectivity index is 0.00000261. The number of hydrogen-bond donors (Lipinski definition) is 3. The molecule has 140 valence electrons. The van der Waals surface area contributed by atoms with Gasteiger partial charge in [-0.05, 0) is 42.8 Å². The number of nitriles is 1. The molecule has 0 aliphatic heterocycles. The zero-order valence-corrected chi connectivity index (χ0v) is 16.6. The molecule has 0 aliphatic carbocycles. The largest absolute Gasteiger partial charge is 0.398 e. The molecular formula is C18H20IN7O. The molecule has 0 radical (unpaired) electrons. The minimum atomic E-state index is -0.409. The molecule has 1 amide bonds. The quantitative estimate of drug-likeness (QED) is 0.231. The molecule has 27 heavy (non-hydrogen) atoms. The lowest BCUT2D eigenvalue weighted by Gasteiger charge is -2.11. The number of amides is 1. The Morgan fingerprint density at radius 3 is 2.81 bits per heavy atom. The van der Waals surface area contributed by atoms with Gasteiger partial charge in [0.05, 0.1) is 5.56 Å². The number of nitrogens with zero attached hydrogens (tertiary/aromatic N) is 4. The molecule has 2 heterocycles. The normalized spacial score (nSPS) is 9.78. The highest BCUT2D eigenvalue weighted by Gasteiger charge is 2.14. The van der Waals surface area contributed by atoms with E-state index in [-0.39, 0.29) is 38.4 Å². The molecule has 1 aromatic carbocycles. The fraction of sp³-hybridized carbons (Fsp3) is 0.0556. The van der Waals surface area contributed by atoms with Crippen LogP contribution in [0.4, 0.5) is 11.4 Å². The third-order valence-electron chi connectivity index (χ3n) is 3.72. The van der Waals surface area contributed by atoms with E-state index in [9.17, 15) is 4.79 Å². The highest BCUT2D eigenvalue weighted by molar-refractivity contribution is 14.0. The maximum absolute atomic E-state index is 12.5. The standard InChI is InChI=1S/C18H15N7O.HI.2H2/c1-11-7-12(9-19)10-22-16(11)18(26)24-13-3-4-15(20)14(8-13)17(21)25-6-2-5-23-25;;;/h2-8,10,21H,20H2,1H3,(H,24,26);3*1H. The van der Waals surface area contributed by atoms with E-state index in [1.54, 1.807) is 49.6 Å². The number of hydrogen-bond acceptors (Lipinski definition) is 6. The number of nitrogens with one attached hydrogen (secondary N) is 2. The number of carbonyl (C=O) groups excluding carboxylic acids is 1. The molecule has 3 rings (SSSR count). The Labute approximate surface area is 175 Å². The smallest absolute Gasteiger partial charge is 0.274 e. The summed E-state index contributed by atoms with van der Waals surface area (Å²) < 4.78 is 1.38. The zero-order chi connectivity index (χ0) is 18.7. The summed E-state index contributed by atoms with van der Waals surface area (Å²) in [7, 11) is 0. The van der Waals surface area contributed by atoms with E-state index in [4.69, 9.17) is 16.4 Å². The van der Waals surface area contributed by atoms with Crippen LogP contribution < -0.4 is 11.1 Å². The van der Waals surface area contributed by atoms with Gasteiger partial charge < -0.3 is 11.1 Å². The van der Waals surface area contributed by atoms with Gasteiger partial charge in [0.25, 0.3) is 5.91 Å². The van der Waals surface area contributed by atoms with Gasteiger partial charge in [0.1, 0.15) is 11.8 Å². The van der Waals surface area contributed by atoms with Gasteiger partial charge in [0.2, 0.25) is 0 Å². The summed E-state index contributed by atoms with van der Waals surface area (Å²) in [4.78, 5) is 16.5. The fourth-order valence-corrected chi connectivity index (χ4v) is 2.43. The van der Waals surface area contributed by atoms with Crippen molar-refractivity contribution in [1.29, 1.82) is 10.7 Å². The van der Waals surface area contributed by atoms with Gasteiger partial charge in [0.15, 0.2) is 5.84 Å². The van der Waals surface area contributed by atoms with Crippen molar-refractivity contribution < 1.29 is 7.65 Å². The van der Waals surface area contributed by atoms with Crippen molar-refractivity contribution in [3.05, 3.63) is 71.3 Å². The molecule has 8 nitrogen and oxygen atoms in total. The number of pyridine rings is 1. The van der Waals surface area contributed by atoms with Crippen LogP contribution in [0.3, 0.4) is 0 Å². The fourth-order valence-electron chi connectivity index (χ4n) is 2.43. The second-order valence-electron chi connectivity index (χ2n) is 5.56. The third-order valence-corrected chi connectivity index (χ3v) is 3.72. The predicted octanol–water partition coefficient (Wildman–Crippen LogP) is 3.28. The van der Waals surface area contributed by atoms with E-state index in [1.165, 1.54) is 10.9 Å². The van der Waals surface area contributed by atoms with E-state index in [0.717, 1.165) is 0 Å². The minimum absolute atomic E-state index is 0. The highest BCUT2D eigenvalue weighted by atomic mass is 127. The molecular weight excluding hydrogens is 457 g/mol. The zero-order valence-electron chi connectivity index (χ0n) is 14.3. The number of halogens is 1. The number of anilines is 2. The maximum atomic E-state index is 12.5. The second-order valence-corrected chi connectivity index (χ2v) is 5.56. The van der Waals surface area contributed by atoms with Gasteiger partial charge >= 0.3 is 0 Å². The molecule has 0 unspecified atom stereocenters. The van der Waals surface area contributed by atoms with Crippen LogP contribution in [0.2, 0.25) is 0 Å². The summed E-state index contributed by atoms with van der Waals surface area (Å²) >= 11 is 0. The average Bonchev–Trinajstić information content (AvgIpc) is 3.17. The monoisotopic (exact) mass is 477 g/mol. The van der Waals surface area contributed by atoms with Crippen molar-refractivity contribution in [1.82, 2.24) is 14.8 Å². The Hall–Kier alpha value is -3.26. The lowest BCUT2D eigenvalue weighted by Crippen LogP contribution is -2.18. The Kier molecular flexibility index (Phi) is 6.25. The molecule has 0 fully saturated rings. The highest BCUT2D eigenvalue weighted by Crippen LogP contribution is 2.20. The first-order valence-corrected chi connectivity index (χ1v) is 7.66. The number of rotatable bonds is 3. The van der Waals surface area contributed by atoms with Crippen LogP contribution >= 0.6 is 24.0 Å². The van der Waals surface area contributed by atoms with Gasteiger partial charge in [-0.15, -0.1) is 24.0 Å². The van der Waals surface area contributed by atoms with E-state index < -0.39 is 5.91 Å². The van der Waals surface area contributed by atoms with Crippen LogP contribution in [0.15, 0.2) is 48.9 Å². The molecule has 4 N–H and O–H groups in total. The van der Waals surface area contributed by atoms with Crippen LogP contribution in [0.25, 0.3) is 0 Å². The van der Waals surface area contributed by atoms with Gasteiger partial charge in [0, 0.05) is 38.4 Å². The van der Waals surface area contributed by atoms with E-state index >= 15 is 0 Å². The van der Waals surface area contributed by atoms with Crippen molar-refractivity contribution in [2.75, 3.05) is 11.1 Å². The molecule has 0 atom stereocenters. The Morgan fingerprint density at radius 1 is 1.41 bits per heavy atom. The summed E-state index contributed by atoms with van der Waals surface area (Å²) in [5.74, 6) is -0.315. The van der Waals surface area contributed by atoms with Gasteiger partial charge in [-0.1, -0.05) is 0 Å². The number of nitrogen functional groups attached to an aromatic ring is 1. The van der Waals surface area contributed by atoms with Crippen molar-refractivity contribution >= 4 is 47.1 Å². The average molecular weight is 477 g/mol. The molecule has 0 bridgehead atoms. The van der Waals surface area contributed by atoms with Crippen molar-refractivity contribution in [2.45, 2.75) is 6.92 Å². The van der Waals surface area contributed by atoms with E-state index in [2.05, 4.69) is 15.4 Å². The lowest BCUT2D eigenvalue weighted by molar-refractivity contribution is 0.102. The second kappa shape index (κ2) is 8.41. The summed E-state index contributed by atoms with van der Waals surface area (Å²) in [5.41, 5.74) is 8.49. The number of benzene rings is 1. The summed E-state index contributed by atoms with van der Waals surface area (Å²) in [6, 6.07) is 10.2. The number of aryl methyl sites for hydroxylation is 1. The lowest BCUT2D eigenvalue weighted by atomic mass is 10.1. The topological polar surface area (TPSA) is 133 Å². The van der Waals surface area contributed by atoms with Gasteiger partial charge in [-0.2, -0.15) is 10.4 Å². The first-order chi connectivity index (χ1) is 12.5. The summed E-state index contributed by atoms with van der Waals surface area (Å²) in [6.45, 7) is 1.71. The van der Waals surface area contributed by atoms with E-state index in [0.29, 0.717) is 28.1 Å². The van der Waals surface area contributed by atoms with Crippen LogP contribution in [-0.4, -0.2) is 26.5 Å². The Morgan fingerprint density at radius 2 is 2.19 bits per heavy atom. The van der Waals surface area contributed by atoms with Crippen LogP contribution in [0, 0.1) is 23.7 Å². The Bertz CT molecular complexity index is 1050. The number of nitrogens with two attached hydrogens (primary N) is 1. The molecule has 9 heteroatoms. The number of carbonyl (C=O) groups is 1. The third kappa shape index (κ3) is 4.29. The minimum Gasteiger partial charge on any atom is -0.398 e. The SMILES string of the molecule is Cc1cc(C#N)cnc1C(=O)Nc1ccc(N)c(C(=N)n2cccn2)c1.I.[HH].[HH]. The molecule has 0 saturated heterocycles. The van der Waals surface area contributed by atoms with Crippen molar-refractivity contribution in [3.63, 3.8) is 0 Å².